The number of phenols is 3. The molecule has 12 rings (SSSR count). The lowest BCUT2D eigenvalue weighted by Crippen LogP contribution is -2.40. The Kier molecular flexibility index (Phi) is 24.2. The predicted molar refractivity (Wildman–Crippen MR) is 385 cm³/mol. The first-order valence-electron chi connectivity index (χ1n) is 31.9. The third-order valence-electron chi connectivity index (χ3n) is 16.6. The van der Waals surface area contributed by atoms with Gasteiger partial charge in [-0.05, 0) is 92.1 Å². The van der Waals surface area contributed by atoms with Crippen molar-refractivity contribution in [2.24, 2.45) is 4.99 Å². The Hall–Kier alpha value is -11.2. The number of nitrogens with zero attached hydrogens (tertiary/aromatic N) is 7. The Morgan fingerprint density at radius 1 is 0.440 bits per heavy atom. The van der Waals surface area contributed by atoms with E-state index in [-0.39, 0.29) is 87.2 Å². The van der Waals surface area contributed by atoms with Gasteiger partial charge in [0.2, 0.25) is 0 Å². The summed E-state index contributed by atoms with van der Waals surface area (Å²) in [5.74, 6) is 0.118. The summed E-state index contributed by atoms with van der Waals surface area (Å²) >= 11 is 17.5. The van der Waals surface area contributed by atoms with Crippen molar-refractivity contribution < 1.29 is 48.8 Å². The minimum absolute atomic E-state index is 0.117. The van der Waals surface area contributed by atoms with E-state index in [0.29, 0.717) is 92.7 Å². The molecule has 25 heteroatoms. The summed E-state index contributed by atoms with van der Waals surface area (Å²) in [5, 5.41) is 57.3. The number of amides is 3. The molecule has 0 spiro atoms. The molecular formula is C75H69Cl3N12O10. The smallest absolute Gasteiger partial charge is 0.257 e. The summed E-state index contributed by atoms with van der Waals surface area (Å²) in [4.78, 5) is 100.0. The summed E-state index contributed by atoms with van der Waals surface area (Å²) < 4.78 is 5.33. The maximum atomic E-state index is 13.0. The van der Waals surface area contributed by atoms with Gasteiger partial charge < -0.3 is 50.7 Å². The number of aromatic hydroxyl groups is 3. The molecule has 0 atom stereocenters. The van der Waals surface area contributed by atoms with Gasteiger partial charge in [-0.2, -0.15) is 0 Å². The van der Waals surface area contributed by atoms with E-state index in [1.165, 1.54) is 43.2 Å². The Morgan fingerprint density at radius 3 is 1.11 bits per heavy atom. The molecule has 6 aromatic carbocycles. The number of aromatic nitrogens is 3. The molecule has 510 valence electrons. The first-order valence-corrected chi connectivity index (χ1v) is 33.0. The number of likely N-dealkylation sites (N-methyl/N-ethyl adjacent to an activating group) is 1. The quantitative estimate of drug-likeness (QED) is 0.0225. The zero-order chi connectivity index (χ0) is 70.8. The number of pyridine rings is 3. The average molecular weight is 1400 g/mol. The van der Waals surface area contributed by atoms with Crippen molar-refractivity contribution in [3.63, 3.8) is 0 Å². The van der Waals surface area contributed by atoms with Gasteiger partial charge in [0.25, 0.3) is 17.7 Å². The number of piperidine rings is 1. The number of halogens is 3. The van der Waals surface area contributed by atoms with Crippen LogP contribution in [0.3, 0.4) is 0 Å². The van der Waals surface area contributed by atoms with Crippen molar-refractivity contribution in [3.05, 3.63) is 264 Å². The van der Waals surface area contributed by atoms with Gasteiger partial charge in [-0.1, -0.05) is 126 Å². The highest BCUT2D eigenvalue weighted by molar-refractivity contribution is 6.31. The second-order valence-corrected chi connectivity index (χ2v) is 24.7. The predicted octanol–water partition coefficient (Wildman–Crippen LogP) is 12.5. The number of amidine groups is 3. The van der Waals surface area contributed by atoms with Crippen molar-refractivity contribution in [3.8, 4) is 17.2 Å². The minimum Gasteiger partial charge on any atom is -0.508 e. The number of carbonyl (C=O) groups is 6. The summed E-state index contributed by atoms with van der Waals surface area (Å²) in [5.41, 5.74) is 5.06. The lowest BCUT2D eigenvalue weighted by molar-refractivity contribution is 0.0680. The van der Waals surface area contributed by atoms with Crippen LogP contribution in [-0.4, -0.2) is 157 Å². The summed E-state index contributed by atoms with van der Waals surface area (Å²) in [6.45, 7) is 5.88. The van der Waals surface area contributed by atoms with Gasteiger partial charge in [0.1, 0.15) is 52.2 Å². The Labute approximate surface area is 591 Å². The van der Waals surface area contributed by atoms with Gasteiger partial charge in [0, 0.05) is 144 Å². The van der Waals surface area contributed by atoms with Gasteiger partial charge in [0.15, 0.2) is 17.3 Å². The maximum absolute atomic E-state index is 13.0. The number of ether oxygens (including phenoxy) is 1. The number of hydrogen-bond donors (Lipinski definition) is 8. The maximum Gasteiger partial charge on any atom is 0.257 e. The Bertz CT molecular complexity index is 4320. The fourth-order valence-corrected chi connectivity index (χ4v) is 11.5. The number of carbonyl (C=O) groups excluding carboxylic acids is 6. The number of morpholine rings is 1. The SMILES string of the molecule is CN1CCN=C1c1ccc(C(=O)Cc2c(O)cccc2C(=O)Nc2ccc(Cl)cn2)cc1.N=C(c1ccc(C(=O)Cc2c(O)cccc2C(=O)Nc2ccc(Cl)cn2)cc1)N1CCCCC1.N=C(c1ccc(C(=O)Cc2c(O)cccc2C(=O)Nc2ccc(Cl)cn2)cc1)N1CCOCC1. The van der Waals surface area contributed by atoms with Crippen LogP contribution in [0.1, 0.15) is 115 Å². The van der Waals surface area contributed by atoms with Gasteiger partial charge in [0.05, 0.1) is 34.8 Å². The third kappa shape index (κ3) is 18.7. The molecule has 3 amide bonds. The molecule has 0 saturated carbocycles. The molecule has 6 heterocycles. The van der Waals surface area contributed by atoms with E-state index in [0.717, 1.165) is 56.0 Å². The van der Waals surface area contributed by atoms with Crippen LogP contribution in [-0.2, 0) is 24.0 Å². The summed E-state index contributed by atoms with van der Waals surface area (Å²) in [6.07, 6.45) is 7.18. The van der Waals surface area contributed by atoms with Crippen molar-refractivity contribution >= 4 is 105 Å². The van der Waals surface area contributed by atoms with E-state index in [2.05, 4.69) is 45.7 Å². The highest BCUT2D eigenvalue weighted by Gasteiger charge is 2.25. The molecule has 3 aromatic heterocycles. The molecular weight excluding hydrogens is 1340 g/mol. The lowest BCUT2D eigenvalue weighted by atomic mass is 9.96. The number of likely N-dealkylation sites (tertiary alicyclic amines) is 1. The number of ketones is 3. The monoisotopic (exact) mass is 1400 g/mol. The van der Waals surface area contributed by atoms with E-state index in [1.54, 1.807) is 133 Å². The first kappa shape index (κ1) is 71.6. The summed E-state index contributed by atoms with van der Waals surface area (Å²) in [7, 11) is 1.98. The minimum atomic E-state index is -0.497. The number of phenolic OH excluding ortho intramolecular Hbond substituents is 3. The van der Waals surface area contributed by atoms with E-state index in [1.807, 2.05) is 24.1 Å². The van der Waals surface area contributed by atoms with Crippen molar-refractivity contribution in [1.29, 1.82) is 10.8 Å². The van der Waals surface area contributed by atoms with Gasteiger partial charge in [-0.25, -0.2) is 15.0 Å². The first-order chi connectivity index (χ1) is 48.3. The zero-order valence-corrected chi connectivity index (χ0v) is 56.5. The molecule has 3 aliphatic heterocycles. The molecule has 9 aromatic rings. The van der Waals surface area contributed by atoms with Crippen LogP contribution >= 0.6 is 34.8 Å². The number of rotatable bonds is 18. The lowest BCUT2D eigenvalue weighted by Gasteiger charge is -2.29. The number of anilines is 3. The van der Waals surface area contributed by atoms with E-state index >= 15 is 0 Å². The van der Waals surface area contributed by atoms with Crippen LogP contribution in [0.15, 0.2) is 187 Å². The van der Waals surface area contributed by atoms with Crippen LogP contribution in [0, 0.1) is 10.8 Å². The zero-order valence-electron chi connectivity index (χ0n) is 54.2. The second kappa shape index (κ2) is 33.9. The molecule has 22 nitrogen and oxygen atoms in total. The molecule has 3 aliphatic rings. The molecule has 0 aliphatic carbocycles. The number of nitrogens with one attached hydrogen (secondary N) is 5. The average Bonchev–Trinajstić information content (AvgIpc) is 0.860. The van der Waals surface area contributed by atoms with Crippen LogP contribution in [0.2, 0.25) is 15.1 Å². The fourth-order valence-electron chi connectivity index (χ4n) is 11.2. The second-order valence-electron chi connectivity index (χ2n) is 23.4. The third-order valence-corrected chi connectivity index (χ3v) is 17.3. The van der Waals surface area contributed by atoms with Crippen molar-refractivity contribution in [1.82, 2.24) is 29.7 Å². The Balaban J connectivity index is 0.000000162. The molecule has 0 radical (unpaired) electrons. The molecule has 0 bridgehead atoms. The number of aliphatic imine (C=N–C) groups is 1. The molecule has 0 unspecified atom stereocenters. The van der Waals surface area contributed by atoms with E-state index < -0.39 is 17.7 Å². The normalized spacial score (nSPS) is 13.3. The largest absolute Gasteiger partial charge is 0.508 e. The molecule has 100 heavy (non-hydrogen) atoms. The highest BCUT2D eigenvalue weighted by Crippen LogP contribution is 2.29. The Morgan fingerprint density at radius 2 is 0.780 bits per heavy atom. The van der Waals surface area contributed by atoms with E-state index in [4.69, 9.17) is 50.4 Å². The van der Waals surface area contributed by atoms with Gasteiger partial charge in [-0.3, -0.25) is 44.6 Å². The van der Waals surface area contributed by atoms with Crippen LogP contribution < -0.4 is 16.0 Å². The van der Waals surface area contributed by atoms with Crippen LogP contribution in [0.5, 0.6) is 17.2 Å². The fraction of sp³-hybridized carbons (Fsp3) is 0.200. The topological polar surface area (TPSA) is 317 Å². The van der Waals surface area contributed by atoms with Crippen molar-refractivity contribution in [2.45, 2.75) is 38.5 Å². The number of benzene rings is 6. The summed E-state index contributed by atoms with van der Waals surface area (Å²) in [6, 6.07) is 44.0. The van der Waals surface area contributed by atoms with Crippen molar-refractivity contribution in [2.75, 3.05) is 75.5 Å². The molecule has 2 fully saturated rings. The molecule has 2 saturated heterocycles. The highest BCUT2D eigenvalue weighted by atomic mass is 35.5. The number of hydrogen-bond acceptors (Lipinski definition) is 17. The van der Waals surface area contributed by atoms with Gasteiger partial charge in [-0.15, -0.1) is 0 Å². The molecule has 8 N–H and O–H groups in total. The number of Topliss-reactive ketones (excluding diaryl/α,β-unsaturated/α-hetero) is 3. The van der Waals surface area contributed by atoms with Crippen LogP contribution in [0.25, 0.3) is 0 Å². The standard InChI is InChI=1S/C26H25ClN4O3.C25H23ClN4O4.C24H21ClN4O3/c27-19-11-12-24(29-16-19)30-26(34)20-5-4-6-22(32)21(20)15-23(33)17-7-9-18(10-8-17)25(28)31-13-2-1-3-14-31;26-18-8-9-23(28-15-18)29-25(33)19-2-1-3-21(31)20(19)14-22(32)16-4-6-17(7-5-16)24(27)30-10-12-34-13-11-30;1-29-12-11-26-23(29)16-7-5-15(6-8-16)21(31)13-19-18(3-2-4-20(19)30)24(32)28-22-10-9-17(25)14-27-22/h4-12,16,28,32H,1-3,13-15H2,(H,29,30,34);1-9,15,27,31H,10-14H2,(H,28,29,33);2-10,14,30H,11-13H2,1H3,(H,27,28,32). The van der Waals surface area contributed by atoms with E-state index in [9.17, 15) is 44.1 Å². The van der Waals surface area contributed by atoms with Crippen LogP contribution in [0.4, 0.5) is 17.5 Å². The van der Waals surface area contributed by atoms with Gasteiger partial charge >= 0.3 is 0 Å².